The summed E-state index contributed by atoms with van der Waals surface area (Å²) >= 11 is -0.200. The van der Waals surface area contributed by atoms with Gasteiger partial charge in [0.2, 0.25) is 0 Å². The van der Waals surface area contributed by atoms with Crippen molar-refractivity contribution in [1.82, 2.24) is 0 Å². The molecule has 6 nitrogen and oxygen atoms in total. The van der Waals surface area contributed by atoms with Crippen LogP contribution in [0.15, 0.2) is 119 Å². The molecular weight excluding hydrogens is 602 g/mol. The van der Waals surface area contributed by atoms with Gasteiger partial charge in [-0.3, -0.25) is 0 Å². The Balaban J connectivity index is 1.54. The van der Waals surface area contributed by atoms with E-state index in [1.54, 1.807) is 84.9 Å². The Hall–Kier alpha value is -2.58. The summed E-state index contributed by atoms with van der Waals surface area (Å²) in [5.41, 5.74) is 1.08. The molecule has 0 amide bonds. The number of nitrogens with one attached hydrogen (secondary N) is 2. The first-order valence-electron chi connectivity index (χ1n) is 10.0. The van der Waals surface area contributed by atoms with Crippen molar-refractivity contribution in [1.29, 1.82) is 0 Å². The minimum atomic E-state index is -3.71. The van der Waals surface area contributed by atoms with Crippen LogP contribution in [-0.4, -0.2) is 43.1 Å². The minimum absolute atomic E-state index is 0.100. The zero-order valence-corrected chi connectivity index (χ0v) is 22.7. The molecule has 0 aliphatic rings. The fraction of sp³-hybridized carbons (Fsp3) is 0. The van der Waals surface area contributed by atoms with Gasteiger partial charge in [-0.15, -0.1) is 0 Å². The number of para-hydroxylation sites is 2. The third-order valence-electron chi connectivity index (χ3n) is 4.59. The number of hydrogen-bond donors (Lipinski definition) is 2. The molecule has 34 heavy (non-hydrogen) atoms. The molecule has 4 aromatic rings. The molecule has 0 radical (unpaired) electrons. The molecule has 0 aliphatic heterocycles. The second-order valence-corrected chi connectivity index (χ2v) is 16.5. The van der Waals surface area contributed by atoms with E-state index >= 15 is 0 Å². The fourth-order valence-electron chi connectivity index (χ4n) is 2.94. The maximum absolute atomic E-state index is 12.8. The van der Waals surface area contributed by atoms with Crippen LogP contribution in [0.3, 0.4) is 0 Å². The Morgan fingerprint density at radius 2 is 0.765 bits per heavy atom. The third kappa shape index (κ3) is 6.10. The van der Waals surface area contributed by atoms with Crippen LogP contribution in [0.5, 0.6) is 0 Å². The summed E-state index contributed by atoms with van der Waals surface area (Å²) in [5, 5.41) is 0. The summed E-state index contributed by atoms with van der Waals surface area (Å²) in [5.74, 6) is 0. The second kappa shape index (κ2) is 10.8. The average Bonchev–Trinajstić information content (AvgIpc) is 2.85. The number of anilines is 2. The van der Waals surface area contributed by atoms with Crippen molar-refractivity contribution < 1.29 is 16.8 Å². The van der Waals surface area contributed by atoms with E-state index in [-0.39, 0.29) is 36.1 Å². The van der Waals surface area contributed by atoms with Crippen LogP contribution < -0.4 is 18.4 Å². The van der Waals surface area contributed by atoms with Gasteiger partial charge in [0.15, 0.2) is 0 Å². The van der Waals surface area contributed by atoms with Crippen molar-refractivity contribution in [2.45, 2.75) is 9.79 Å². The van der Waals surface area contributed by atoms with Gasteiger partial charge in [-0.2, -0.15) is 0 Å². The van der Waals surface area contributed by atoms with Gasteiger partial charge in [-0.25, -0.2) is 0 Å². The van der Waals surface area contributed by atoms with Crippen molar-refractivity contribution in [3.8, 4) is 0 Å². The van der Waals surface area contributed by atoms with Crippen LogP contribution in [0.25, 0.3) is 0 Å². The Bertz CT molecular complexity index is 1370. The van der Waals surface area contributed by atoms with Crippen molar-refractivity contribution in [3.05, 3.63) is 109 Å². The van der Waals surface area contributed by atoms with Gasteiger partial charge in [-0.05, 0) is 0 Å². The van der Waals surface area contributed by atoms with E-state index in [4.69, 9.17) is 0 Å². The Kier molecular flexibility index (Phi) is 7.78. The topological polar surface area (TPSA) is 92.3 Å². The van der Waals surface area contributed by atoms with Gasteiger partial charge in [0.05, 0.1) is 0 Å². The normalized spacial score (nSPS) is 11.6. The Labute approximate surface area is 210 Å². The molecule has 0 aliphatic carbocycles. The fourth-order valence-corrected chi connectivity index (χ4v) is 12.4. The van der Waals surface area contributed by atoms with Crippen LogP contribution in [0, 0.1) is 0 Å². The second-order valence-electron chi connectivity index (χ2n) is 7.00. The third-order valence-corrected chi connectivity index (χ3v) is 14.6. The number of rotatable bonds is 9. The summed E-state index contributed by atoms with van der Waals surface area (Å²) in [7, 11) is -7.41. The van der Waals surface area contributed by atoms with Crippen LogP contribution >= 0.6 is 0 Å². The van der Waals surface area contributed by atoms with E-state index in [1.165, 1.54) is 0 Å². The quantitative estimate of drug-likeness (QED) is 0.281. The molecule has 0 fully saturated rings. The van der Waals surface area contributed by atoms with E-state index in [9.17, 15) is 16.8 Å². The maximum atomic E-state index is 12.8. The van der Waals surface area contributed by atoms with Gasteiger partial charge in [0, 0.05) is 0 Å². The van der Waals surface area contributed by atoms with E-state index in [1.807, 2.05) is 24.3 Å². The predicted octanol–water partition coefficient (Wildman–Crippen LogP) is 2.56. The van der Waals surface area contributed by atoms with Crippen molar-refractivity contribution >= 4 is 66.6 Å². The first-order valence-corrected chi connectivity index (χ1v) is 19.0. The molecule has 0 unspecified atom stereocenters. The molecule has 0 bridgehead atoms. The summed E-state index contributed by atoms with van der Waals surface area (Å²) in [4.78, 5) is 0.395. The molecule has 0 heterocycles. The van der Waals surface area contributed by atoms with Crippen molar-refractivity contribution in [3.63, 3.8) is 0 Å². The van der Waals surface area contributed by atoms with Gasteiger partial charge in [0.25, 0.3) is 0 Å². The van der Waals surface area contributed by atoms with E-state index in [0.29, 0.717) is 11.4 Å². The van der Waals surface area contributed by atoms with Gasteiger partial charge in [-0.1, -0.05) is 0 Å². The standard InChI is InChI=1S/C24H20N2O4S2Se2/c27-31(28,19-11-3-1-4-12-19)25-21-15-7-9-17-23(21)33-34-24-18-10-8-16-22(24)26-32(29,30)20-13-5-2-6-14-20/h1-18,25-26H. The molecular formula is C24H20N2O4S2Se2. The molecule has 2 N–H and O–H groups in total. The molecule has 4 rings (SSSR count). The van der Waals surface area contributed by atoms with E-state index in [2.05, 4.69) is 9.44 Å². The Morgan fingerprint density at radius 1 is 0.441 bits per heavy atom. The van der Waals surface area contributed by atoms with Gasteiger partial charge >= 0.3 is 212 Å². The first-order chi connectivity index (χ1) is 16.4. The van der Waals surface area contributed by atoms with Crippen molar-refractivity contribution in [2.24, 2.45) is 0 Å². The number of benzene rings is 4. The van der Waals surface area contributed by atoms with E-state index in [0.717, 1.165) is 8.92 Å². The zero-order chi connectivity index (χ0) is 24.0. The summed E-state index contributed by atoms with van der Waals surface area (Å²) < 4.78 is 58.4. The molecule has 0 saturated heterocycles. The molecule has 0 aromatic heterocycles. The molecule has 4 aromatic carbocycles. The summed E-state index contributed by atoms with van der Waals surface area (Å²) in [6, 6.07) is 31.1. The number of sulfonamides is 2. The van der Waals surface area contributed by atoms with Crippen molar-refractivity contribution in [2.75, 3.05) is 9.44 Å². The summed E-state index contributed by atoms with van der Waals surface area (Å²) in [6.07, 6.45) is 0. The van der Waals surface area contributed by atoms with Crippen LogP contribution in [0.2, 0.25) is 0 Å². The van der Waals surface area contributed by atoms with Crippen LogP contribution in [0.4, 0.5) is 11.4 Å². The molecule has 174 valence electrons. The molecule has 0 atom stereocenters. The Morgan fingerprint density at radius 3 is 1.15 bits per heavy atom. The molecule has 0 saturated carbocycles. The van der Waals surface area contributed by atoms with Gasteiger partial charge in [0.1, 0.15) is 0 Å². The summed E-state index contributed by atoms with van der Waals surface area (Å²) in [6.45, 7) is 0. The van der Waals surface area contributed by atoms with E-state index < -0.39 is 20.0 Å². The molecule has 10 heteroatoms. The van der Waals surface area contributed by atoms with Crippen LogP contribution in [-0.2, 0) is 20.0 Å². The zero-order valence-electron chi connectivity index (χ0n) is 17.7. The first kappa shape index (κ1) is 24.5. The average molecular weight is 622 g/mol. The monoisotopic (exact) mass is 624 g/mol. The number of hydrogen-bond acceptors (Lipinski definition) is 4. The van der Waals surface area contributed by atoms with Gasteiger partial charge < -0.3 is 0 Å². The van der Waals surface area contributed by atoms with Crippen LogP contribution in [0.1, 0.15) is 0 Å². The molecule has 0 spiro atoms. The predicted molar refractivity (Wildman–Crippen MR) is 138 cm³/mol. The SMILES string of the molecule is O=S(=O)(Nc1ccccc1[Se][Se]c1ccccc1NS(=O)(=O)c1ccccc1)c1ccccc1.